The van der Waals surface area contributed by atoms with Crippen molar-refractivity contribution in [2.45, 2.75) is 18.4 Å². The van der Waals surface area contributed by atoms with Crippen LogP contribution in [0.25, 0.3) is 0 Å². The van der Waals surface area contributed by atoms with Gasteiger partial charge in [0.15, 0.2) is 9.84 Å². The standard InChI is InChI=1S/C12H15N3O3S/c1-8-5-9(3-4-10(8)19(2,17)18)7-15-12(16)6-11(13)14-15/h3-6,14H,7,13H2,1-2H3. The van der Waals surface area contributed by atoms with Crippen LogP contribution in [0, 0.1) is 6.92 Å². The van der Waals surface area contributed by atoms with Crippen LogP contribution >= 0.6 is 0 Å². The molecule has 0 aliphatic heterocycles. The van der Waals surface area contributed by atoms with E-state index in [1.54, 1.807) is 25.1 Å². The molecule has 0 spiro atoms. The first kappa shape index (κ1) is 13.4. The van der Waals surface area contributed by atoms with E-state index < -0.39 is 9.84 Å². The summed E-state index contributed by atoms with van der Waals surface area (Å²) in [6.45, 7) is 2.05. The van der Waals surface area contributed by atoms with E-state index in [1.165, 1.54) is 17.0 Å². The van der Waals surface area contributed by atoms with Gasteiger partial charge in [0.2, 0.25) is 0 Å². The fraction of sp³-hybridized carbons (Fsp3) is 0.250. The van der Waals surface area contributed by atoms with Gasteiger partial charge in [-0.25, -0.2) is 13.1 Å². The molecule has 1 heterocycles. The number of H-pyrrole nitrogens is 1. The molecule has 0 atom stereocenters. The van der Waals surface area contributed by atoms with Gasteiger partial charge in [0.05, 0.1) is 11.4 Å². The van der Waals surface area contributed by atoms with Crippen LogP contribution in [0.1, 0.15) is 11.1 Å². The van der Waals surface area contributed by atoms with Crippen LogP contribution in [0.15, 0.2) is 34.0 Å². The number of rotatable bonds is 3. The van der Waals surface area contributed by atoms with Crippen LogP contribution in [-0.4, -0.2) is 24.5 Å². The monoisotopic (exact) mass is 281 g/mol. The summed E-state index contributed by atoms with van der Waals surface area (Å²) in [6, 6.07) is 6.29. The molecule has 19 heavy (non-hydrogen) atoms. The van der Waals surface area contributed by atoms with Gasteiger partial charge in [0.1, 0.15) is 5.82 Å². The fourth-order valence-electron chi connectivity index (χ4n) is 1.98. The van der Waals surface area contributed by atoms with E-state index in [0.717, 1.165) is 5.56 Å². The molecular formula is C12H15N3O3S. The molecule has 2 aromatic rings. The van der Waals surface area contributed by atoms with E-state index in [0.29, 0.717) is 22.8 Å². The lowest BCUT2D eigenvalue weighted by Crippen LogP contribution is -2.16. The Labute approximate surface area is 110 Å². The molecule has 0 radical (unpaired) electrons. The van der Waals surface area contributed by atoms with Crippen molar-refractivity contribution in [2.24, 2.45) is 0 Å². The number of aryl methyl sites for hydroxylation is 1. The third kappa shape index (κ3) is 2.87. The number of benzene rings is 1. The smallest absolute Gasteiger partial charge is 0.268 e. The van der Waals surface area contributed by atoms with E-state index in [4.69, 9.17) is 5.73 Å². The summed E-state index contributed by atoms with van der Waals surface area (Å²) in [5, 5.41) is 2.72. The Morgan fingerprint density at radius 3 is 2.47 bits per heavy atom. The molecular weight excluding hydrogens is 266 g/mol. The first-order chi connectivity index (χ1) is 8.77. The quantitative estimate of drug-likeness (QED) is 0.856. The van der Waals surface area contributed by atoms with Gasteiger partial charge in [-0.3, -0.25) is 9.89 Å². The van der Waals surface area contributed by atoms with Gasteiger partial charge in [-0.2, -0.15) is 0 Å². The van der Waals surface area contributed by atoms with Gasteiger partial charge in [-0.15, -0.1) is 0 Å². The molecule has 7 heteroatoms. The average molecular weight is 281 g/mol. The maximum absolute atomic E-state index is 11.5. The summed E-state index contributed by atoms with van der Waals surface area (Å²) in [7, 11) is -3.22. The van der Waals surface area contributed by atoms with Crippen molar-refractivity contribution in [3.05, 3.63) is 45.7 Å². The number of nitrogens with zero attached hydrogens (tertiary/aromatic N) is 1. The topological polar surface area (TPSA) is 97.9 Å². The molecule has 3 N–H and O–H groups in total. The second kappa shape index (κ2) is 4.58. The van der Waals surface area contributed by atoms with Crippen LogP contribution in [0.5, 0.6) is 0 Å². The Balaban J connectivity index is 2.36. The number of nitrogen functional groups attached to an aromatic ring is 1. The summed E-state index contributed by atoms with van der Waals surface area (Å²) in [4.78, 5) is 11.8. The Hall–Kier alpha value is -2.02. The maximum atomic E-state index is 11.5. The molecule has 1 aromatic carbocycles. The van der Waals surface area contributed by atoms with Gasteiger partial charge in [-0.05, 0) is 24.1 Å². The molecule has 0 fully saturated rings. The molecule has 0 unspecified atom stereocenters. The zero-order valence-electron chi connectivity index (χ0n) is 10.7. The number of hydrogen-bond donors (Lipinski definition) is 2. The molecule has 0 saturated heterocycles. The normalized spacial score (nSPS) is 11.7. The van der Waals surface area contributed by atoms with Crippen molar-refractivity contribution in [2.75, 3.05) is 12.0 Å². The number of aromatic nitrogens is 2. The van der Waals surface area contributed by atoms with Gasteiger partial charge in [0, 0.05) is 12.3 Å². The summed E-state index contributed by atoms with van der Waals surface area (Å²) >= 11 is 0. The second-order valence-corrected chi connectivity index (χ2v) is 6.49. The van der Waals surface area contributed by atoms with Gasteiger partial charge in [0.25, 0.3) is 5.56 Å². The van der Waals surface area contributed by atoms with Crippen LogP contribution < -0.4 is 11.3 Å². The van der Waals surface area contributed by atoms with Crippen molar-refractivity contribution >= 4 is 15.7 Å². The highest BCUT2D eigenvalue weighted by molar-refractivity contribution is 7.90. The van der Waals surface area contributed by atoms with E-state index in [9.17, 15) is 13.2 Å². The zero-order chi connectivity index (χ0) is 14.2. The molecule has 0 aliphatic rings. The third-order valence-electron chi connectivity index (χ3n) is 2.79. The maximum Gasteiger partial charge on any atom is 0.268 e. The summed E-state index contributed by atoms with van der Waals surface area (Å²) < 4.78 is 24.4. The molecule has 6 nitrogen and oxygen atoms in total. The zero-order valence-corrected chi connectivity index (χ0v) is 11.5. The van der Waals surface area contributed by atoms with Gasteiger partial charge >= 0.3 is 0 Å². The van der Waals surface area contributed by atoms with Gasteiger partial charge in [-0.1, -0.05) is 12.1 Å². The highest BCUT2D eigenvalue weighted by atomic mass is 32.2. The van der Waals surface area contributed by atoms with Crippen LogP contribution in [0.4, 0.5) is 5.82 Å². The number of aromatic amines is 1. The number of anilines is 1. The Bertz CT molecular complexity index is 772. The van der Waals surface area contributed by atoms with Crippen LogP contribution in [-0.2, 0) is 16.4 Å². The van der Waals surface area contributed by atoms with E-state index in [-0.39, 0.29) is 5.56 Å². The van der Waals surface area contributed by atoms with Gasteiger partial charge < -0.3 is 5.73 Å². The SMILES string of the molecule is Cc1cc(Cn2[nH]c(N)cc2=O)ccc1S(C)(=O)=O. The predicted molar refractivity (Wildman–Crippen MR) is 72.9 cm³/mol. The summed E-state index contributed by atoms with van der Waals surface area (Å²) in [6.07, 6.45) is 1.17. The largest absolute Gasteiger partial charge is 0.384 e. The predicted octanol–water partition coefficient (Wildman–Crippen LogP) is 0.519. The third-order valence-corrected chi connectivity index (χ3v) is 4.05. The lowest BCUT2D eigenvalue weighted by Gasteiger charge is -2.07. The highest BCUT2D eigenvalue weighted by Gasteiger charge is 2.11. The van der Waals surface area contributed by atoms with Crippen molar-refractivity contribution < 1.29 is 8.42 Å². The van der Waals surface area contributed by atoms with Crippen LogP contribution in [0.3, 0.4) is 0 Å². The molecule has 2 rings (SSSR count). The minimum absolute atomic E-state index is 0.220. The second-order valence-electron chi connectivity index (χ2n) is 4.51. The lowest BCUT2D eigenvalue weighted by atomic mass is 10.1. The number of sulfone groups is 1. The number of hydrogen-bond acceptors (Lipinski definition) is 4. The van der Waals surface area contributed by atoms with E-state index in [1.807, 2.05) is 0 Å². The molecule has 0 aliphatic carbocycles. The molecule has 102 valence electrons. The average Bonchev–Trinajstić information content (AvgIpc) is 2.55. The Kier molecular flexibility index (Phi) is 3.23. The first-order valence-electron chi connectivity index (χ1n) is 5.62. The van der Waals surface area contributed by atoms with Crippen LogP contribution in [0.2, 0.25) is 0 Å². The summed E-state index contributed by atoms with van der Waals surface area (Å²) in [5.74, 6) is 0.300. The minimum Gasteiger partial charge on any atom is -0.384 e. The number of nitrogens with one attached hydrogen (secondary N) is 1. The fourth-order valence-corrected chi connectivity index (χ4v) is 2.94. The number of nitrogens with two attached hydrogens (primary N) is 1. The highest BCUT2D eigenvalue weighted by Crippen LogP contribution is 2.17. The van der Waals surface area contributed by atoms with Crippen molar-refractivity contribution in [3.8, 4) is 0 Å². The molecule has 0 amide bonds. The molecule has 1 aromatic heterocycles. The van der Waals surface area contributed by atoms with Crippen molar-refractivity contribution in [1.29, 1.82) is 0 Å². The van der Waals surface area contributed by atoms with Crippen molar-refractivity contribution in [3.63, 3.8) is 0 Å². The lowest BCUT2D eigenvalue weighted by molar-refractivity contribution is 0.601. The molecule has 0 saturated carbocycles. The summed E-state index contributed by atoms with van der Waals surface area (Å²) in [5.41, 5.74) is 6.76. The first-order valence-corrected chi connectivity index (χ1v) is 7.51. The Morgan fingerprint density at radius 1 is 1.32 bits per heavy atom. The van der Waals surface area contributed by atoms with Crippen molar-refractivity contribution in [1.82, 2.24) is 9.78 Å². The van der Waals surface area contributed by atoms with E-state index in [2.05, 4.69) is 5.10 Å². The molecule has 0 bridgehead atoms. The van der Waals surface area contributed by atoms with E-state index >= 15 is 0 Å². The Morgan fingerprint density at radius 2 is 2.00 bits per heavy atom. The minimum atomic E-state index is -3.22.